The molecule has 0 saturated heterocycles. The topological polar surface area (TPSA) is 35.2 Å². The smallest absolute Gasteiger partial charge is 0.146 e. The Morgan fingerprint density at radius 2 is 2.29 bits per heavy atom. The summed E-state index contributed by atoms with van der Waals surface area (Å²) in [6, 6.07) is 4.06. The van der Waals surface area contributed by atoms with E-state index in [-0.39, 0.29) is 0 Å². The molecule has 0 spiro atoms. The van der Waals surface area contributed by atoms with Crippen molar-refractivity contribution in [1.29, 1.82) is 0 Å². The summed E-state index contributed by atoms with van der Waals surface area (Å²) in [5, 5.41) is 3.28. The second-order valence-corrected chi connectivity index (χ2v) is 4.11. The molecule has 0 radical (unpaired) electrons. The Hall–Kier alpha value is -1.22. The average Bonchev–Trinajstić information content (AvgIpc) is 2.60. The minimum atomic E-state index is 0.655. The van der Waals surface area contributed by atoms with Crippen LogP contribution in [0.25, 0.3) is 10.1 Å². The van der Waals surface area contributed by atoms with E-state index in [0.29, 0.717) is 6.61 Å². The zero-order chi connectivity index (χ0) is 10.1. The summed E-state index contributed by atoms with van der Waals surface area (Å²) in [6.45, 7) is 4.68. The standard InChI is InChI=1S/C11H13NOS/c1-3-13-10-7(2)11-8(4-5-14-11)6-9(10)12/h4-6H,3,12H2,1-2H3. The third kappa shape index (κ3) is 1.34. The number of rotatable bonds is 2. The SMILES string of the molecule is CCOc1c(N)cc2ccsc2c1C. The second kappa shape index (κ2) is 3.50. The van der Waals surface area contributed by atoms with Crippen molar-refractivity contribution in [3.8, 4) is 5.75 Å². The monoisotopic (exact) mass is 207 g/mol. The summed E-state index contributed by atoms with van der Waals surface area (Å²) < 4.78 is 6.79. The summed E-state index contributed by atoms with van der Waals surface area (Å²) in [7, 11) is 0. The predicted octanol–water partition coefficient (Wildman–Crippen LogP) is 3.19. The molecule has 0 aliphatic rings. The highest BCUT2D eigenvalue weighted by molar-refractivity contribution is 7.17. The van der Waals surface area contributed by atoms with Crippen molar-refractivity contribution >= 4 is 27.1 Å². The van der Waals surface area contributed by atoms with Gasteiger partial charge in [-0.2, -0.15) is 0 Å². The zero-order valence-electron chi connectivity index (χ0n) is 8.33. The lowest BCUT2D eigenvalue weighted by Crippen LogP contribution is -1.98. The first kappa shape index (κ1) is 9.34. The highest BCUT2D eigenvalue weighted by atomic mass is 32.1. The fourth-order valence-electron chi connectivity index (χ4n) is 1.63. The van der Waals surface area contributed by atoms with Gasteiger partial charge >= 0.3 is 0 Å². The highest BCUT2D eigenvalue weighted by Gasteiger charge is 2.09. The molecular formula is C11H13NOS. The Morgan fingerprint density at radius 3 is 3.00 bits per heavy atom. The number of ether oxygens (including phenoxy) is 1. The first-order chi connectivity index (χ1) is 6.74. The first-order valence-electron chi connectivity index (χ1n) is 4.63. The molecule has 2 nitrogen and oxygen atoms in total. The van der Waals surface area contributed by atoms with Crippen LogP contribution in [0.15, 0.2) is 17.5 Å². The third-order valence-electron chi connectivity index (χ3n) is 2.24. The molecule has 0 amide bonds. The number of thiophene rings is 1. The van der Waals surface area contributed by atoms with Gasteiger partial charge in [-0.05, 0) is 36.7 Å². The number of hydrogen-bond acceptors (Lipinski definition) is 3. The molecule has 0 fully saturated rings. The Kier molecular flexibility index (Phi) is 2.33. The maximum Gasteiger partial charge on any atom is 0.146 e. The molecule has 74 valence electrons. The largest absolute Gasteiger partial charge is 0.491 e. The molecule has 0 atom stereocenters. The van der Waals surface area contributed by atoms with E-state index in [1.807, 2.05) is 13.0 Å². The molecular weight excluding hydrogens is 194 g/mol. The van der Waals surface area contributed by atoms with E-state index in [9.17, 15) is 0 Å². The van der Waals surface area contributed by atoms with Crippen LogP contribution in [0.2, 0.25) is 0 Å². The van der Waals surface area contributed by atoms with Crippen LogP contribution in [0, 0.1) is 6.92 Å². The van der Waals surface area contributed by atoms with Gasteiger partial charge in [0.2, 0.25) is 0 Å². The quantitative estimate of drug-likeness (QED) is 0.767. The summed E-state index contributed by atoms with van der Waals surface area (Å²) >= 11 is 1.73. The number of benzene rings is 1. The Balaban J connectivity index is 2.69. The molecule has 1 aromatic carbocycles. The number of nitrogen functional groups attached to an aromatic ring is 1. The fraction of sp³-hybridized carbons (Fsp3) is 0.273. The Bertz CT molecular complexity index is 462. The van der Waals surface area contributed by atoms with Gasteiger partial charge in [-0.25, -0.2) is 0 Å². The summed E-state index contributed by atoms with van der Waals surface area (Å²) in [5.41, 5.74) is 7.79. The molecule has 2 aromatic rings. The minimum absolute atomic E-state index is 0.655. The van der Waals surface area contributed by atoms with Crippen molar-refractivity contribution in [3.05, 3.63) is 23.1 Å². The molecule has 0 aliphatic carbocycles. The lowest BCUT2D eigenvalue weighted by molar-refractivity contribution is 0.340. The van der Waals surface area contributed by atoms with Gasteiger partial charge in [0, 0.05) is 10.3 Å². The zero-order valence-corrected chi connectivity index (χ0v) is 9.15. The lowest BCUT2D eigenvalue weighted by atomic mass is 10.1. The predicted molar refractivity (Wildman–Crippen MR) is 62.1 cm³/mol. The molecule has 0 unspecified atom stereocenters. The molecule has 0 bridgehead atoms. The van der Waals surface area contributed by atoms with Crippen LogP contribution in [-0.4, -0.2) is 6.61 Å². The number of fused-ring (bicyclic) bond motifs is 1. The van der Waals surface area contributed by atoms with Gasteiger partial charge in [0.15, 0.2) is 0 Å². The van der Waals surface area contributed by atoms with Crippen molar-refractivity contribution in [1.82, 2.24) is 0 Å². The van der Waals surface area contributed by atoms with Crippen molar-refractivity contribution < 1.29 is 4.74 Å². The first-order valence-corrected chi connectivity index (χ1v) is 5.51. The fourth-order valence-corrected chi connectivity index (χ4v) is 2.51. The van der Waals surface area contributed by atoms with Crippen molar-refractivity contribution in [2.24, 2.45) is 0 Å². The summed E-state index contributed by atoms with van der Waals surface area (Å²) in [5.74, 6) is 0.836. The van der Waals surface area contributed by atoms with Crippen LogP contribution in [-0.2, 0) is 0 Å². The number of hydrogen-bond donors (Lipinski definition) is 1. The van der Waals surface area contributed by atoms with E-state index in [1.54, 1.807) is 11.3 Å². The normalized spacial score (nSPS) is 10.7. The number of nitrogens with two attached hydrogens (primary N) is 1. The second-order valence-electron chi connectivity index (χ2n) is 3.19. The van der Waals surface area contributed by atoms with Gasteiger partial charge < -0.3 is 10.5 Å². The van der Waals surface area contributed by atoms with Gasteiger partial charge in [-0.1, -0.05) is 0 Å². The lowest BCUT2D eigenvalue weighted by Gasteiger charge is -2.10. The van der Waals surface area contributed by atoms with Crippen LogP contribution >= 0.6 is 11.3 Å². The van der Waals surface area contributed by atoms with Crippen molar-refractivity contribution in [2.75, 3.05) is 12.3 Å². The maximum absolute atomic E-state index is 5.91. The van der Waals surface area contributed by atoms with Crippen molar-refractivity contribution in [3.63, 3.8) is 0 Å². The molecule has 14 heavy (non-hydrogen) atoms. The number of anilines is 1. The number of aryl methyl sites for hydroxylation is 1. The Labute approximate surface area is 87.3 Å². The molecule has 2 N–H and O–H groups in total. The minimum Gasteiger partial charge on any atom is -0.491 e. The Morgan fingerprint density at radius 1 is 1.50 bits per heavy atom. The van der Waals surface area contributed by atoms with E-state index < -0.39 is 0 Å². The van der Waals surface area contributed by atoms with Gasteiger partial charge in [-0.3, -0.25) is 0 Å². The average molecular weight is 207 g/mol. The molecule has 3 heteroatoms. The van der Waals surface area contributed by atoms with E-state index in [2.05, 4.69) is 18.4 Å². The van der Waals surface area contributed by atoms with E-state index in [1.165, 1.54) is 10.1 Å². The molecule has 0 saturated carbocycles. The van der Waals surface area contributed by atoms with Gasteiger partial charge in [-0.15, -0.1) is 11.3 Å². The molecule has 1 aromatic heterocycles. The van der Waals surface area contributed by atoms with Crippen LogP contribution in [0.4, 0.5) is 5.69 Å². The van der Waals surface area contributed by atoms with Crippen LogP contribution in [0.1, 0.15) is 12.5 Å². The van der Waals surface area contributed by atoms with Gasteiger partial charge in [0.25, 0.3) is 0 Å². The highest BCUT2D eigenvalue weighted by Crippen LogP contribution is 2.36. The van der Waals surface area contributed by atoms with E-state index >= 15 is 0 Å². The third-order valence-corrected chi connectivity index (χ3v) is 3.29. The van der Waals surface area contributed by atoms with Gasteiger partial charge in [0.1, 0.15) is 5.75 Å². The van der Waals surface area contributed by atoms with Gasteiger partial charge in [0.05, 0.1) is 12.3 Å². The summed E-state index contributed by atoms with van der Waals surface area (Å²) in [6.07, 6.45) is 0. The van der Waals surface area contributed by atoms with Crippen LogP contribution in [0.3, 0.4) is 0 Å². The molecule has 2 rings (SSSR count). The maximum atomic E-state index is 5.91. The van der Waals surface area contributed by atoms with Crippen LogP contribution < -0.4 is 10.5 Å². The van der Waals surface area contributed by atoms with E-state index in [0.717, 1.165) is 17.0 Å². The molecule has 0 aliphatic heterocycles. The van der Waals surface area contributed by atoms with Crippen LogP contribution in [0.5, 0.6) is 5.75 Å². The summed E-state index contributed by atoms with van der Waals surface area (Å²) in [4.78, 5) is 0. The molecule has 1 heterocycles. The van der Waals surface area contributed by atoms with Crippen molar-refractivity contribution in [2.45, 2.75) is 13.8 Å². The van der Waals surface area contributed by atoms with E-state index in [4.69, 9.17) is 10.5 Å².